The Morgan fingerprint density at radius 1 is 1.33 bits per heavy atom. The van der Waals surface area contributed by atoms with Gasteiger partial charge in [0.2, 0.25) is 0 Å². The molecule has 6 heteroatoms. The van der Waals surface area contributed by atoms with Crippen LogP contribution in [0.1, 0.15) is 20.3 Å². The summed E-state index contributed by atoms with van der Waals surface area (Å²) in [5.74, 6) is -0.110. The fraction of sp³-hybridized carbons (Fsp3) is 0.733. The summed E-state index contributed by atoms with van der Waals surface area (Å²) in [6, 6.07) is 0.470. The third-order valence-electron chi connectivity index (χ3n) is 3.88. The van der Waals surface area contributed by atoms with Crippen LogP contribution in [0.2, 0.25) is 0 Å². The fourth-order valence-electron chi connectivity index (χ4n) is 2.56. The smallest absolute Gasteiger partial charge is 0.269 e. The van der Waals surface area contributed by atoms with Crippen molar-refractivity contribution in [2.24, 2.45) is 10.7 Å². The second-order valence-corrected chi connectivity index (χ2v) is 5.80. The molecule has 118 valence electrons. The lowest BCUT2D eigenvalue weighted by Crippen LogP contribution is -2.43. The van der Waals surface area contributed by atoms with Crippen LogP contribution >= 0.6 is 0 Å². The molecule has 2 aliphatic rings. The zero-order valence-electron chi connectivity index (χ0n) is 13.0. The Labute approximate surface area is 126 Å². The molecule has 0 atom stereocenters. The van der Waals surface area contributed by atoms with E-state index in [9.17, 15) is 4.79 Å². The Morgan fingerprint density at radius 3 is 2.71 bits per heavy atom. The molecule has 0 aromatic heterocycles. The van der Waals surface area contributed by atoms with Gasteiger partial charge in [-0.3, -0.25) is 14.7 Å². The monoisotopic (exact) mass is 294 g/mol. The van der Waals surface area contributed by atoms with Crippen LogP contribution in [0.3, 0.4) is 0 Å². The summed E-state index contributed by atoms with van der Waals surface area (Å²) in [5.41, 5.74) is 7.16. The van der Waals surface area contributed by atoms with Gasteiger partial charge in [0.05, 0.1) is 24.6 Å². The van der Waals surface area contributed by atoms with E-state index in [0.717, 1.165) is 31.8 Å². The van der Waals surface area contributed by atoms with E-state index in [0.29, 0.717) is 32.3 Å². The topological polar surface area (TPSA) is 71.2 Å². The molecule has 0 saturated carbocycles. The molecule has 2 N–H and O–H groups in total. The predicted molar refractivity (Wildman–Crippen MR) is 83.3 cm³/mol. The van der Waals surface area contributed by atoms with Crippen molar-refractivity contribution in [3.63, 3.8) is 0 Å². The van der Waals surface area contributed by atoms with E-state index < -0.39 is 0 Å². The summed E-state index contributed by atoms with van der Waals surface area (Å²) in [4.78, 5) is 20.9. The SMILES string of the molecule is CC(C)N1CCCN=C(C=C(N)C(=O)N2CCOCC2)C1. The molecule has 2 rings (SSSR count). The lowest BCUT2D eigenvalue weighted by atomic mass is 10.2. The number of carbonyl (C=O) groups is 1. The zero-order valence-corrected chi connectivity index (χ0v) is 13.0. The van der Waals surface area contributed by atoms with Crippen LogP contribution in [0, 0.1) is 0 Å². The number of rotatable bonds is 3. The molecule has 0 spiro atoms. The van der Waals surface area contributed by atoms with Gasteiger partial charge in [0.1, 0.15) is 0 Å². The minimum absolute atomic E-state index is 0.110. The van der Waals surface area contributed by atoms with Gasteiger partial charge in [-0.05, 0) is 26.3 Å². The molecule has 1 saturated heterocycles. The van der Waals surface area contributed by atoms with Crippen LogP contribution in [0.25, 0.3) is 0 Å². The molecule has 0 aromatic rings. The number of aliphatic imine (C=N–C) groups is 1. The zero-order chi connectivity index (χ0) is 15.2. The van der Waals surface area contributed by atoms with Gasteiger partial charge in [0.15, 0.2) is 0 Å². The summed E-state index contributed by atoms with van der Waals surface area (Å²) in [7, 11) is 0. The van der Waals surface area contributed by atoms with Crippen molar-refractivity contribution in [2.45, 2.75) is 26.3 Å². The third-order valence-corrected chi connectivity index (χ3v) is 3.88. The number of ether oxygens (including phenoxy) is 1. The first-order chi connectivity index (χ1) is 10.1. The number of carbonyl (C=O) groups excluding carboxylic acids is 1. The summed E-state index contributed by atoms with van der Waals surface area (Å²) in [6.07, 6.45) is 2.80. The summed E-state index contributed by atoms with van der Waals surface area (Å²) in [5, 5.41) is 0. The van der Waals surface area contributed by atoms with Gasteiger partial charge in [-0.1, -0.05) is 0 Å². The summed E-state index contributed by atoms with van der Waals surface area (Å²) in [6.45, 7) is 9.33. The largest absolute Gasteiger partial charge is 0.394 e. The van der Waals surface area contributed by atoms with Crippen molar-refractivity contribution in [3.05, 3.63) is 11.8 Å². The van der Waals surface area contributed by atoms with Gasteiger partial charge in [-0.15, -0.1) is 0 Å². The van der Waals surface area contributed by atoms with E-state index in [4.69, 9.17) is 10.5 Å². The molecule has 6 nitrogen and oxygen atoms in total. The van der Waals surface area contributed by atoms with Gasteiger partial charge in [-0.2, -0.15) is 0 Å². The Hall–Kier alpha value is -1.40. The van der Waals surface area contributed by atoms with Crippen molar-refractivity contribution in [3.8, 4) is 0 Å². The second-order valence-electron chi connectivity index (χ2n) is 5.80. The summed E-state index contributed by atoms with van der Waals surface area (Å²) >= 11 is 0. The molecule has 1 fully saturated rings. The maximum atomic E-state index is 12.3. The highest BCUT2D eigenvalue weighted by Gasteiger charge is 2.20. The quantitative estimate of drug-likeness (QED) is 0.757. The maximum Gasteiger partial charge on any atom is 0.269 e. The van der Waals surface area contributed by atoms with Gasteiger partial charge in [-0.25, -0.2) is 0 Å². The number of amides is 1. The van der Waals surface area contributed by atoms with Crippen molar-refractivity contribution in [2.75, 3.05) is 45.9 Å². The molecule has 1 amide bonds. The average molecular weight is 294 g/mol. The Balaban J connectivity index is 2.02. The van der Waals surface area contributed by atoms with Gasteiger partial charge in [0.25, 0.3) is 5.91 Å². The van der Waals surface area contributed by atoms with E-state index in [-0.39, 0.29) is 11.6 Å². The van der Waals surface area contributed by atoms with Crippen molar-refractivity contribution in [1.82, 2.24) is 9.80 Å². The summed E-state index contributed by atoms with van der Waals surface area (Å²) < 4.78 is 5.25. The van der Waals surface area contributed by atoms with Gasteiger partial charge < -0.3 is 15.4 Å². The van der Waals surface area contributed by atoms with E-state index in [2.05, 4.69) is 23.7 Å². The normalized spacial score (nSPS) is 22.1. The lowest BCUT2D eigenvalue weighted by molar-refractivity contribution is -0.131. The highest BCUT2D eigenvalue weighted by molar-refractivity contribution is 6.04. The molecule has 2 heterocycles. The number of hydrogen-bond donors (Lipinski definition) is 1. The molecule has 0 bridgehead atoms. The van der Waals surface area contributed by atoms with Gasteiger partial charge in [0, 0.05) is 38.8 Å². The molecular weight excluding hydrogens is 268 g/mol. The Morgan fingerprint density at radius 2 is 2.05 bits per heavy atom. The molecule has 0 radical (unpaired) electrons. The number of nitrogens with zero attached hydrogens (tertiary/aromatic N) is 3. The first-order valence-corrected chi connectivity index (χ1v) is 7.69. The van der Waals surface area contributed by atoms with E-state index in [1.54, 1.807) is 11.0 Å². The minimum atomic E-state index is -0.110. The van der Waals surface area contributed by atoms with E-state index >= 15 is 0 Å². The predicted octanol–water partition coefficient (Wildman–Crippen LogP) is 0.243. The van der Waals surface area contributed by atoms with Crippen LogP contribution in [0.4, 0.5) is 0 Å². The number of morpholine rings is 1. The molecular formula is C15H26N4O2. The average Bonchev–Trinajstić information content (AvgIpc) is 2.73. The Kier molecular flexibility index (Phi) is 5.76. The maximum absolute atomic E-state index is 12.3. The fourth-order valence-corrected chi connectivity index (χ4v) is 2.56. The molecule has 0 unspecified atom stereocenters. The van der Waals surface area contributed by atoms with Gasteiger partial charge >= 0.3 is 0 Å². The van der Waals surface area contributed by atoms with Crippen molar-refractivity contribution < 1.29 is 9.53 Å². The first-order valence-electron chi connectivity index (χ1n) is 7.69. The van der Waals surface area contributed by atoms with Crippen LogP contribution in [-0.2, 0) is 9.53 Å². The minimum Gasteiger partial charge on any atom is -0.394 e. The highest BCUT2D eigenvalue weighted by Crippen LogP contribution is 2.07. The molecule has 21 heavy (non-hydrogen) atoms. The molecule has 0 aromatic carbocycles. The van der Waals surface area contributed by atoms with Crippen LogP contribution in [-0.4, -0.2) is 73.4 Å². The third kappa shape index (κ3) is 4.54. The second kappa shape index (κ2) is 7.56. The standard InChI is InChI=1S/C15H26N4O2/c1-12(2)19-5-3-4-17-13(11-19)10-14(16)15(20)18-6-8-21-9-7-18/h10,12H,3-9,11,16H2,1-2H3. The Bertz CT molecular complexity index is 425. The first kappa shape index (κ1) is 16.0. The van der Waals surface area contributed by atoms with Crippen LogP contribution in [0.15, 0.2) is 16.8 Å². The highest BCUT2D eigenvalue weighted by atomic mass is 16.5. The van der Waals surface area contributed by atoms with Crippen molar-refractivity contribution >= 4 is 11.6 Å². The molecule has 0 aliphatic carbocycles. The van der Waals surface area contributed by atoms with E-state index in [1.807, 2.05) is 0 Å². The lowest BCUT2D eigenvalue weighted by Gasteiger charge is -2.27. The number of hydrogen-bond acceptors (Lipinski definition) is 5. The molecule has 2 aliphatic heterocycles. The van der Waals surface area contributed by atoms with E-state index in [1.165, 1.54) is 0 Å². The van der Waals surface area contributed by atoms with Crippen LogP contribution in [0.5, 0.6) is 0 Å². The van der Waals surface area contributed by atoms with Crippen LogP contribution < -0.4 is 5.73 Å². The van der Waals surface area contributed by atoms with Crippen molar-refractivity contribution in [1.29, 1.82) is 0 Å². The number of nitrogens with two attached hydrogens (primary N) is 1.